The number of ether oxygens (including phenoxy) is 3. The summed E-state index contributed by atoms with van der Waals surface area (Å²) >= 11 is 0. The lowest BCUT2D eigenvalue weighted by Crippen LogP contribution is -2.07. The second-order valence-corrected chi connectivity index (χ2v) is 5.22. The predicted molar refractivity (Wildman–Crippen MR) is 86.8 cm³/mol. The number of nitrogens with one attached hydrogen (secondary N) is 1. The Balaban J connectivity index is 1.49. The lowest BCUT2D eigenvalue weighted by atomic mass is 10.1. The fourth-order valence-electron chi connectivity index (χ4n) is 2.55. The van der Waals surface area contributed by atoms with Gasteiger partial charge in [-0.25, -0.2) is 0 Å². The largest absolute Gasteiger partial charge is 0.493 e. The van der Waals surface area contributed by atoms with Crippen LogP contribution in [0, 0.1) is 0 Å². The van der Waals surface area contributed by atoms with E-state index >= 15 is 0 Å². The first-order valence-electron chi connectivity index (χ1n) is 7.56. The van der Waals surface area contributed by atoms with Crippen LogP contribution in [0.3, 0.4) is 0 Å². The van der Waals surface area contributed by atoms with Crippen LogP contribution >= 0.6 is 0 Å². The minimum absolute atomic E-state index is 0.502. The minimum atomic E-state index is 0.502. The van der Waals surface area contributed by atoms with E-state index in [-0.39, 0.29) is 0 Å². The molecule has 2 aromatic rings. The number of methoxy groups -OCH3 is 1. The molecule has 0 saturated heterocycles. The first-order valence-corrected chi connectivity index (χ1v) is 7.56. The van der Waals surface area contributed by atoms with Gasteiger partial charge in [-0.3, -0.25) is 0 Å². The summed E-state index contributed by atoms with van der Waals surface area (Å²) in [6.45, 7) is 2.62. The van der Waals surface area contributed by atoms with Crippen molar-refractivity contribution in [2.75, 3.05) is 32.2 Å². The topological polar surface area (TPSA) is 39.7 Å². The molecule has 116 valence electrons. The molecule has 1 N–H and O–H groups in total. The van der Waals surface area contributed by atoms with Crippen molar-refractivity contribution < 1.29 is 14.2 Å². The zero-order valence-electron chi connectivity index (χ0n) is 12.8. The molecule has 1 aliphatic heterocycles. The van der Waals surface area contributed by atoms with E-state index in [1.54, 1.807) is 7.11 Å². The normalized spacial score (nSPS) is 12.6. The summed E-state index contributed by atoms with van der Waals surface area (Å²) in [7, 11) is 1.67. The number of benzene rings is 2. The zero-order chi connectivity index (χ0) is 15.2. The fraction of sp³-hybridized carbons (Fsp3) is 0.333. The Morgan fingerprint density at radius 2 is 1.91 bits per heavy atom. The lowest BCUT2D eigenvalue weighted by Gasteiger charge is -2.13. The average Bonchev–Trinajstić information content (AvgIpc) is 3.02. The molecule has 0 amide bonds. The van der Waals surface area contributed by atoms with E-state index in [9.17, 15) is 0 Å². The number of hydrogen-bond acceptors (Lipinski definition) is 4. The summed E-state index contributed by atoms with van der Waals surface area (Å²) in [6.07, 6.45) is 1.03. The first-order chi connectivity index (χ1) is 10.9. The summed E-state index contributed by atoms with van der Waals surface area (Å²) in [4.78, 5) is 0. The summed E-state index contributed by atoms with van der Waals surface area (Å²) in [6, 6.07) is 14.2. The van der Waals surface area contributed by atoms with Gasteiger partial charge in [0, 0.05) is 18.3 Å². The highest BCUT2D eigenvalue weighted by Gasteiger charge is 2.15. The van der Waals surface area contributed by atoms with Crippen LogP contribution in [0.5, 0.6) is 11.5 Å². The number of anilines is 1. The van der Waals surface area contributed by atoms with E-state index < -0.39 is 0 Å². The molecule has 1 aliphatic rings. The molecule has 0 bridgehead atoms. The molecule has 0 aromatic heterocycles. The maximum absolute atomic E-state index is 5.80. The Morgan fingerprint density at radius 1 is 1.05 bits per heavy atom. The van der Waals surface area contributed by atoms with E-state index in [1.807, 2.05) is 24.3 Å². The molecular formula is C18H21NO3. The van der Waals surface area contributed by atoms with Gasteiger partial charge < -0.3 is 19.5 Å². The zero-order valence-corrected chi connectivity index (χ0v) is 12.8. The molecule has 3 rings (SSSR count). The molecular weight excluding hydrogens is 278 g/mol. The molecule has 4 nitrogen and oxygen atoms in total. The van der Waals surface area contributed by atoms with Crippen LogP contribution in [-0.4, -0.2) is 26.9 Å². The van der Waals surface area contributed by atoms with Gasteiger partial charge in [-0.2, -0.15) is 0 Å². The number of rotatable bonds is 7. The van der Waals surface area contributed by atoms with Crippen molar-refractivity contribution in [3.05, 3.63) is 53.6 Å². The molecule has 4 heteroatoms. The van der Waals surface area contributed by atoms with Crippen molar-refractivity contribution in [3.63, 3.8) is 0 Å². The van der Waals surface area contributed by atoms with E-state index in [4.69, 9.17) is 14.2 Å². The van der Waals surface area contributed by atoms with Gasteiger partial charge in [0.2, 0.25) is 0 Å². The van der Waals surface area contributed by atoms with Crippen LogP contribution in [0.1, 0.15) is 11.1 Å². The van der Waals surface area contributed by atoms with Crippen molar-refractivity contribution in [1.29, 1.82) is 0 Å². The second-order valence-electron chi connectivity index (χ2n) is 5.22. The SMILES string of the molecule is COc1cc2c(cc1OCCOCc1ccccc1)NCC2. The highest BCUT2D eigenvalue weighted by Crippen LogP contribution is 2.35. The molecule has 0 fully saturated rings. The summed E-state index contributed by atoms with van der Waals surface area (Å²) in [5.74, 6) is 1.55. The molecule has 1 heterocycles. The Kier molecular flexibility index (Phi) is 4.81. The van der Waals surface area contributed by atoms with Gasteiger partial charge in [0.15, 0.2) is 11.5 Å². The van der Waals surface area contributed by atoms with Crippen molar-refractivity contribution in [3.8, 4) is 11.5 Å². The molecule has 0 aliphatic carbocycles. The quantitative estimate of drug-likeness (QED) is 0.797. The van der Waals surface area contributed by atoms with E-state index in [0.29, 0.717) is 19.8 Å². The van der Waals surface area contributed by atoms with Crippen LogP contribution < -0.4 is 14.8 Å². The van der Waals surface area contributed by atoms with Gasteiger partial charge in [0.1, 0.15) is 6.61 Å². The van der Waals surface area contributed by atoms with Crippen molar-refractivity contribution in [1.82, 2.24) is 0 Å². The van der Waals surface area contributed by atoms with Gasteiger partial charge in [0.05, 0.1) is 20.3 Å². The predicted octanol–water partition coefficient (Wildman–Crippen LogP) is 3.26. The number of hydrogen-bond donors (Lipinski definition) is 1. The molecule has 0 radical (unpaired) electrons. The Labute approximate surface area is 131 Å². The lowest BCUT2D eigenvalue weighted by molar-refractivity contribution is 0.0880. The van der Waals surface area contributed by atoms with Gasteiger partial charge in [-0.15, -0.1) is 0 Å². The molecule has 0 saturated carbocycles. The third-order valence-electron chi connectivity index (χ3n) is 3.70. The van der Waals surface area contributed by atoms with Gasteiger partial charge in [-0.05, 0) is 23.6 Å². The Morgan fingerprint density at radius 3 is 2.73 bits per heavy atom. The highest BCUT2D eigenvalue weighted by molar-refractivity contribution is 5.63. The van der Waals surface area contributed by atoms with Crippen molar-refractivity contribution >= 4 is 5.69 Å². The van der Waals surface area contributed by atoms with Crippen LogP contribution in [0.15, 0.2) is 42.5 Å². The smallest absolute Gasteiger partial charge is 0.163 e. The minimum Gasteiger partial charge on any atom is -0.493 e. The fourth-order valence-corrected chi connectivity index (χ4v) is 2.55. The second kappa shape index (κ2) is 7.18. The van der Waals surface area contributed by atoms with Crippen LogP contribution in [0.4, 0.5) is 5.69 Å². The number of fused-ring (bicyclic) bond motifs is 1. The first kappa shape index (κ1) is 14.7. The van der Waals surface area contributed by atoms with Gasteiger partial charge >= 0.3 is 0 Å². The highest BCUT2D eigenvalue weighted by atomic mass is 16.5. The maximum Gasteiger partial charge on any atom is 0.163 e. The Hall–Kier alpha value is -2.20. The van der Waals surface area contributed by atoms with Crippen molar-refractivity contribution in [2.45, 2.75) is 13.0 Å². The molecule has 0 unspecified atom stereocenters. The third-order valence-corrected chi connectivity index (χ3v) is 3.70. The van der Waals surface area contributed by atoms with E-state index in [0.717, 1.165) is 30.2 Å². The molecule has 2 aromatic carbocycles. The summed E-state index contributed by atoms with van der Waals surface area (Å²) < 4.78 is 16.8. The molecule has 22 heavy (non-hydrogen) atoms. The molecule has 0 atom stereocenters. The average molecular weight is 299 g/mol. The van der Waals surface area contributed by atoms with Gasteiger partial charge in [0.25, 0.3) is 0 Å². The summed E-state index contributed by atoms with van der Waals surface area (Å²) in [5.41, 5.74) is 3.59. The Bertz CT molecular complexity index is 613. The standard InChI is InChI=1S/C18H21NO3/c1-20-17-11-15-7-8-19-16(15)12-18(17)22-10-9-21-13-14-5-3-2-4-6-14/h2-6,11-12,19H,7-10,13H2,1H3. The van der Waals surface area contributed by atoms with Crippen LogP contribution in [0.2, 0.25) is 0 Å². The third kappa shape index (κ3) is 3.52. The molecule has 0 spiro atoms. The van der Waals surface area contributed by atoms with Crippen molar-refractivity contribution in [2.24, 2.45) is 0 Å². The maximum atomic E-state index is 5.80. The van der Waals surface area contributed by atoms with E-state index in [2.05, 4.69) is 23.5 Å². The summed E-state index contributed by atoms with van der Waals surface area (Å²) in [5, 5.41) is 3.35. The van der Waals surface area contributed by atoms with E-state index in [1.165, 1.54) is 11.1 Å². The van der Waals surface area contributed by atoms with Crippen LogP contribution in [0.25, 0.3) is 0 Å². The monoisotopic (exact) mass is 299 g/mol. The van der Waals surface area contributed by atoms with Crippen LogP contribution in [-0.2, 0) is 17.8 Å². The van der Waals surface area contributed by atoms with Gasteiger partial charge in [-0.1, -0.05) is 30.3 Å².